The van der Waals surface area contributed by atoms with Crippen LogP contribution in [0.15, 0.2) is 41.6 Å². The molecule has 3 aromatic rings. The van der Waals surface area contributed by atoms with E-state index in [2.05, 4.69) is 48.0 Å². The maximum atomic E-state index is 13.3. The minimum Gasteiger partial charge on any atom is -0.388 e. The molecule has 192 valence electrons. The summed E-state index contributed by atoms with van der Waals surface area (Å²) in [5.41, 5.74) is 1.27. The zero-order chi connectivity index (χ0) is 25.4. The Labute approximate surface area is 211 Å². The van der Waals surface area contributed by atoms with Crippen molar-refractivity contribution in [3.63, 3.8) is 0 Å². The number of aromatic nitrogens is 4. The van der Waals surface area contributed by atoms with E-state index >= 15 is 0 Å². The fourth-order valence-corrected chi connectivity index (χ4v) is 5.24. The Hall–Kier alpha value is -3.04. The van der Waals surface area contributed by atoms with Gasteiger partial charge in [-0.2, -0.15) is 5.10 Å². The first-order valence-electron chi connectivity index (χ1n) is 12.9. The van der Waals surface area contributed by atoms with Crippen molar-refractivity contribution in [1.82, 2.24) is 29.1 Å². The van der Waals surface area contributed by atoms with Gasteiger partial charge in [0.25, 0.3) is 5.56 Å². The summed E-state index contributed by atoms with van der Waals surface area (Å²) in [6, 6.07) is 8.13. The molecule has 0 unspecified atom stereocenters. The lowest BCUT2D eigenvalue weighted by atomic mass is 9.91. The summed E-state index contributed by atoms with van der Waals surface area (Å²) in [5, 5.41) is 16.1. The number of amides is 1. The third-order valence-corrected chi connectivity index (χ3v) is 7.24. The number of benzene rings is 1. The van der Waals surface area contributed by atoms with Crippen LogP contribution in [0.4, 0.5) is 0 Å². The first-order chi connectivity index (χ1) is 17.2. The molecule has 3 heterocycles. The van der Waals surface area contributed by atoms with Gasteiger partial charge in [-0.25, -0.2) is 9.67 Å². The van der Waals surface area contributed by atoms with Crippen molar-refractivity contribution in [2.45, 2.75) is 58.2 Å². The number of likely N-dealkylation sites (tertiary alicyclic amines) is 1. The molecule has 0 bridgehead atoms. The summed E-state index contributed by atoms with van der Waals surface area (Å²) in [6.45, 7) is 7.46. The molecule has 5 rings (SSSR count). The highest BCUT2D eigenvalue weighted by Gasteiger charge is 2.39. The Morgan fingerprint density at radius 3 is 2.69 bits per heavy atom. The van der Waals surface area contributed by atoms with E-state index < -0.39 is 5.60 Å². The Balaban J connectivity index is 1.32. The van der Waals surface area contributed by atoms with Crippen LogP contribution >= 0.6 is 0 Å². The van der Waals surface area contributed by atoms with Gasteiger partial charge < -0.3 is 14.9 Å². The second-order valence-corrected chi connectivity index (χ2v) is 11.1. The van der Waals surface area contributed by atoms with Crippen LogP contribution in [0.5, 0.6) is 0 Å². The zero-order valence-corrected chi connectivity index (χ0v) is 21.4. The summed E-state index contributed by atoms with van der Waals surface area (Å²) >= 11 is 0. The van der Waals surface area contributed by atoms with Gasteiger partial charge >= 0.3 is 0 Å². The number of hydrogen-bond donors (Lipinski definition) is 1. The third-order valence-electron chi connectivity index (χ3n) is 7.24. The minimum atomic E-state index is -1.04. The lowest BCUT2D eigenvalue weighted by molar-refractivity contribution is -0.137. The molecule has 1 aliphatic heterocycles. The van der Waals surface area contributed by atoms with Crippen LogP contribution in [-0.4, -0.2) is 72.4 Å². The monoisotopic (exact) mass is 492 g/mol. The van der Waals surface area contributed by atoms with Crippen molar-refractivity contribution in [2.24, 2.45) is 11.8 Å². The molecule has 1 saturated carbocycles. The molecule has 9 nitrogen and oxygen atoms in total. The molecule has 0 radical (unpaired) electrons. The number of carbonyl (C=O) groups excluding carboxylic acids is 1. The standard InChI is InChI=1S/C27H36N6O3/c1-19(2)15-30(3)16-20-5-4-6-22(13-20)33-24-23(14-29-33)26(35)32(18-28-24)17-27(36)9-11-31(12-10-27)25(34)21-7-8-21/h4-6,13-14,18-19,21,36H,7-12,15-17H2,1-3H3. The van der Waals surface area contributed by atoms with Gasteiger partial charge in [0.2, 0.25) is 5.91 Å². The second kappa shape index (κ2) is 9.78. The fourth-order valence-electron chi connectivity index (χ4n) is 5.24. The Bertz CT molecular complexity index is 1300. The van der Waals surface area contributed by atoms with Crippen LogP contribution in [-0.2, 0) is 17.9 Å². The summed E-state index contributed by atoms with van der Waals surface area (Å²) in [6.07, 6.45) is 5.92. The molecule has 2 aromatic heterocycles. The molecule has 0 atom stereocenters. The number of piperidine rings is 1. The fraction of sp³-hybridized carbons (Fsp3) is 0.556. The van der Waals surface area contributed by atoms with Crippen LogP contribution in [0.2, 0.25) is 0 Å². The van der Waals surface area contributed by atoms with E-state index in [1.807, 2.05) is 17.0 Å². The molecule has 9 heteroatoms. The maximum absolute atomic E-state index is 13.3. The SMILES string of the molecule is CC(C)CN(C)Cc1cccc(-n2ncc3c(=O)n(CC4(O)CCN(C(=O)C5CC5)CC4)cnc32)c1. The zero-order valence-electron chi connectivity index (χ0n) is 21.4. The maximum Gasteiger partial charge on any atom is 0.264 e. The van der Waals surface area contributed by atoms with Crippen molar-refractivity contribution in [3.8, 4) is 5.69 Å². The van der Waals surface area contributed by atoms with E-state index in [9.17, 15) is 14.7 Å². The Morgan fingerprint density at radius 1 is 1.25 bits per heavy atom. The highest BCUT2D eigenvalue weighted by Crippen LogP contribution is 2.33. The predicted molar refractivity (Wildman–Crippen MR) is 138 cm³/mol. The molecular formula is C27H36N6O3. The van der Waals surface area contributed by atoms with Gasteiger partial charge in [-0.3, -0.25) is 14.2 Å². The third kappa shape index (κ3) is 5.22. The normalized spacial score (nSPS) is 17.9. The average Bonchev–Trinajstić information content (AvgIpc) is 3.59. The van der Waals surface area contributed by atoms with Crippen molar-refractivity contribution in [1.29, 1.82) is 0 Å². The van der Waals surface area contributed by atoms with Crippen LogP contribution in [0.3, 0.4) is 0 Å². The highest BCUT2D eigenvalue weighted by atomic mass is 16.3. The smallest absolute Gasteiger partial charge is 0.264 e. The molecule has 1 amide bonds. The van der Waals surface area contributed by atoms with Crippen LogP contribution in [0, 0.1) is 11.8 Å². The Kier molecular flexibility index (Phi) is 6.70. The number of carbonyl (C=O) groups is 1. The van der Waals surface area contributed by atoms with E-state index in [0.29, 0.717) is 42.9 Å². The number of fused-ring (bicyclic) bond motifs is 1. The summed E-state index contributed by atoms with van der Waals surface area (Å²) in [5.74, 6) is 0.986. The molecule has 0 spiro atoms. The second-order valence-electron chi connectivity index (χ2n) is 11.1. The Morgan fingerprint density at radius 2 is 2.00 bits per heavy atom. The van der Waals surface area contributed by atoms with Crippen LogP contribution in [0.1, 0.15) is 45.1 Å². The molecule has 2 fully saturated rings. The van der Waals surface area contributed by atoms with Crippen molar-refractivity contribution in [2.75, 3.05) is 26.7 Å². The van der Waals surface area contributed by atoms with Crippen molar-refractivity contribution < 1.29 is 9.90 Å². The van der Waals surface area contributed by atoms with Gasteiger partial charge in [0.15, 0.2) is 5.65 Å². The molecule has 2 aliphatic rings. The lowest BCUT2D eigenvalue weighted by Crippen LogP contribution is -2.50. The van der Waals surface area contributed by atoms with Gasteiger partial charge in [-0.05, 0) is 56.3 Å². The molecule has 1 N–H and O–H groups in total. The topological polar surface area (TPSA) is 96.5 Å². The summed E-state index contributed by atoms with van der Waals surface area (Å²) in [7, 11) is 2.11. The summed E-state index contributed by atoms with van der Waals surface area (Å²) in [4.78, 5) is 34.3. The number of aliphatic hydroxyl groups is 1. The minimum absolute atomic E-state index is 0.156. The van der Waals surface area contributed by atoms with Crippen molar-refractivity contribution in [3.05, 3.63) is 52.7 Å². The quantitative estimate of drug-likeness (QED) is 0.519. The van der Waals surface area contributed by atoms with Crippen molar-refractivity contribution >= 4 is 16.9 Å². The molecule has 36 heavy (non-hydrogen) atoms. The van der Waals surface area contributed by atoms with Gasteiger partial charge in [-0.15, -0.1) is 0 Å². The first kappa shape index (κ1) is 24.6. The van der Waals surface area contributed by atoms with Gasteiger partial charge in [0, 0.05) is 32.1 Å². The van der Waals surface area contributed by atoms with Gasteiger partial charge in [-0.1, -0.05) is 26.0 Å². The molecule has 1 saturated heterocycles. The molecular weight excluding hydrogens is 456 g/mol. The van der Waals surface area contributed by atoms with E-state index in [1.54, 1.807) is 10.9 Å². The number of rotatable bonds is 8. The van der Waals surface area contributed by atoms with Gasteiger partial charge in [0.1, 0.15) is 11.7 Å². The summed E-state index contributed by atoms with van der Waals surface area (Å²) < 4.78 is 3.17. The van der Waals surface area contributed by atoms with E-state index in [0.717, 1.165) is 31.6 Å². The van der Waals surface area contributed by atoms with Crippen LogP contribution in [0.25, 0.3) is 16.7 Å². The lowest BCUT2D eigenvalue weighted by Gasteiger charge is -2.38. The highest BCUT2D eigenvalue weighted by molar-refractivity contribution is 5.81. The van der Waals surface area contributed by atoms with E-state index in [1.165, 1.54) is 16.5 Å². The van der Waals surface area contributed by atoms with Crippen LogP contribution < -0.4 is 5.56 Å². The number of nitrogens with zero attached hydrogens (tertiary/aromatic N) is 6. The van der Waals surface area contributed by atoms with Gasteiger partial charge in [0.05, 0.1) is 24.0 Å². The average molecular weight is 493 g/mol. The largest absolute Gasteiger partial charge is 0.388 e. The van der Waals surface area contributed by atoms with E-state index in [4.69, 9.17) is 0 Å². The predicted octanol–water partition coefficient (Wildman–Crippen LogP) is 2.43. The first-order valence-corrected chi connectivity index (χ1v) is 12.9. The number of hydrogen-bond acceptors (Lipinski definition) is 6. The molecule has 1 aromatic carbocycles. The van der Waals surface area contributed by atoms with E-state index in [-0.39, 0.29) is 23.9 Å². The molecule has 1 aliphatic carbocycles.